The smallest absolute Gasteiger partial charge is 0.248 e. The second-order valence-corrected chi connectivity index (χ2v) is 6.69. The Bertz CT molecular complexity index is 607. The summed E-state index contributed by atoms with van der Waals surface area (Å²) in [5, 5.41) is 11.7. The topological polar surface area (TPSA) is 51.0 Å². The molecule has 112 valence electrons. The monoisotopic (exact) mass is 349 g/mol. The minimum absolute atomic E-state index is 0.542. The van der Waals surface area contributed by atoms with Crippen molar-refractivity contribution in [3.63, 3.8) is 0 Å². The largest absolute Gasteiger partial charge is 0.419 e. The van der Waals surface area contributed by atoms with Crippen LogP contribution in [0.3, 0.4) is 0 Å². The van der Waals surface area contributed by atoms with E-state index in [4.69, 9.17) is 4.42 Å². The molecule has 2 aromatic rings. The minimum atomic E-state index is 0.542. The van der Waals surface area contributed by atoms with E-state index < -0.39 is 0 Å². The molecular formula is C16H20BrN3O. The van der Waals surface area contributed by atoms with E-state index >= 15 is 0 Å². The summed E-state index contributed by atoms with van der Waals surface area (Å²) in [7, 11) is 0. The molecule has 0 amide bonds. The zero-order valence-corrected chi connectivity index (χ0v) is 13.8. The van der Waals surface area contributed by atoms with Crippen molar-refractivity contribution in [2.24, 2.45) is 5.41 Å². The molecule has 4 nitrogen and oxygen atoms in total. The lowest BCUT2D eigenvalue weighted by Crippen LogP contribution is -2.23. The highest BCUT2D eigenvalue weighted by Crippen LogP contribution is 2.48. The summed E-state index contributed by atoms with van der Waals surface area (Å²) in [4.78, 5) is 0. The van der Waals surface area contributed by atoms with Crippen LogP contribution < -0.4 is 5.32 Å². The number of nitrogens with zero attached hydrogens (tertiary/aromatic N) is 2. The molecular weight excluding hydrogens is 330 g/mol. The van der Waals surface area contributed by atoms with Gasteiger partial charge in [0.1, 0.15) is 0 Å². The summed E-state index contributed by atoms with van der Waals surface area (Å²) in [6, 6.07) is 7.87. The molecule has 1 aliphatic rings. The Morgan fingerprint density at radius 2 is 2.10 bits per heavy atom. The van der Waals surface area contributed by atoms with Crippen molar-refractivity contribution < 1.29 is 4.42 Å². The standard InChI is InChI=1S/C16H20BrN3O/c1-2-7-16(8-9-16)11-18-10-14-19-20-15(21-14)12-5-3-4-6-13(12)17/h3-6,18H,2,7-11H2,1H3. The highest BCUT2D eigenvalue weighted by atomic mass is 79.9. The van der Waals surface area contributed by atoms with Gasteiger partial charge in [-0.3, -0.25) is 0 Å². The first-order valence-electron chi connectivity index (χ1n) is 7.50. The van der Waals surface area contributed by atoms with Crippen LogP contribution in [0.2, 0.25) is 0 Å². The van der Waals surface area contributed by atoms with Gasteiger partial charge in [0.05, 0.1) is 12.1 Å². The van der Waals surface area contributed by atoms with Crippen LogP contribution in [0.15, 0.2) is 33.2 Å². The first-order chi connectivity index (χ1) is 10.2. The van der Waals surface area contributed by atoms with E-state index in [1.165, 1.54) is 25.7 Å². The second kappa shape index (κ2) is 6.28. The zero-order chi connectivity index (χ0) is 14.7. The Balaban J connectivity index is 1.57. The van der Waals surface area contributed by atoms with Gasteiger partial charge in [-0.05, 0) is 52.7 Å². The minimum Gasteiger partial charge on any atom is -0.419 e. The third kappa shape index (κ3) is 3.52. The van der Waals surface area contributed by atoms with Crippen LogP contribution in [0, 0.1) is 5.41 Å². The van der Waals surface area contributed by atoms with Crippen LogP contribution in [0.4, 0.5) is 0 Å². The first kappa shape index (κ1) is 14.7. The normalized spacial score (nSPS) is 16.1. The van der Waals surface area contributed by atoms with Crippen LogP contribution in [0.25, 0.3) is 11.5 Å². The Kier molecular flexibility index (Phi) is 4.40. The average molecular weight is 350 g/mol. The van der Waals surface area contributed by atoms with Crippen LogP contribution in [-0.4, -0.2) is 16.7 Å². The Labute approximate surface area is 133 Å². The summed E-state index contributed by atoms with van der Waals surface area (Å²) in [5.74, 6) is 1.21. The Hall–Kier alpha value is -1.20. The zero-order valence-electron chi connectivity index (χ0n) is 12.2. The van der Waals surface area contributed by atoms with Crippen LogP contribution >= 0.6 is 15.9 Å². The van der Waals surface area contributed by atoms with Gasteiger partial charge >= 0.3 is 0 Å². The summed E-state index contributed by atoms with van der Waals surface area (Å²) in [5.41, 5.74) is 1.47. The molecule has 0 bridgehead atoms. The molecule has 3 rings (SSSR count). The highest BCUT2D eigenvalue weighted by molar-refractivity contribution is 9.10. The van der Waals surface area contributed by atoms with E-state index in [-0.39, 0.29) is 0 Å². The summed E-state index contributed by atoms with van der Waals surface area (Å²) < 4.78 is 6.70. The number of nitrogens with one attached hydrogen (secondary N) is 1. The average Bonchev–Trinajstić information content (AvgIpc) is 3.08. The summed E-state index contributed by atoms with van der Waals surface area (Å²) >= 11 is 3.50. The van der Waals surface area contributed by atoms with Gasteiger partial charge in [0.15, 0.2) is 0 Å². The van der Waals surface area contributed by atoms with Crippen LogP contribution in [0.1, 0.15) is 38.5 Å². The van der Waals surface area contributed by atoms with Gasteiger partial charge in [0.2, 0.25) is 11.8 Å². The van der Waals surface area contributed by atoms with Crippen molar-refractivity contribution in [2.75, 3.05) is 6.54 Å². The fourth-order valence-corrected chi connectivity index (χ4v) is 3.18. The van der Waals surface area contributed by atoms with E-state index in [1.807, 2.05) is 24.3 Å². The molecule has 0 radical (unpaired) electrons. The van der Waals surface area contributed by atoms with Gasteiger partial charge in [-0.1, -0.05) is 25.5 Å². The molecule has 1 heterocycles. The van der Waals surface area contributed by atoms with Crippen molar-refractivity contribution in [3.8, 4) is 11.5 Å². The van der Waals surface area contributed by atoms with Gasteiger partial charge in [-0.2, -0.15) is 0 Å². The van der Waals surface area contributed by atoms with E-state index in [2.05, 4.69) is 38.4 Å². The van der Waals surface area contributed by atoms with E-state index in [0.29, 0.717) is 23.7 Å². The van der Waals surface area contributed by atoms with Gasteiger partial charge in [0, 0.05) is 11.0 Å². The first-order valence-corrected chi connectivity index (χ1v) is 8.30. The molecule has 0 aliphatic heterocycles. The predicted octanol–water partition coefficient (Wildman–Crippen LogP) is 4.17. The maximum Gasteiger partial charge on any atom is 0.248 e. The lowest BCUT2D eigenvalue weighted by molar-refractivity contribution is 0.398. The third-order valence-corrected chi connectivity index (χ3v) is 4.78. The molecule has 1 fully saturated rings. The molecule has 1 aromatic heterocycles. The van der Waals surface area contributed by atoms with Gasteiger partial charge < -0.3 is 9.73 Å². The third-order valence-electron chi connectivity index (χ3n) is 4.08. The molecule has 1 aromatic carbocycles. The maximum atomic E-state index is 5.73. The van der Waals surface area contributed by atoms with Crippen molar-refractivity contribution in [1.29, 1.82) is 0 Å². The van der Waals surface area contributed by atoms with Crippen molar-refractivity contribution in [2.45, 2.75) is 39.2 Å². The lowest BCUT2D eigenvalue weighted by atomic mass is 10.0. The fourth-order valence-electron chi connectivity index (χ4n) is 2.73. The SMILES string of the molecule is CCCC1(CNCc2nnc(-c3ccccc3Br)o2)CC1. The van der Waals surface area contributed by atoms with Crippen molar-refractivity contribution in [3.05, 3.63) is 34.6 Å². The number of hydrogen-bond acceptors (Lipinski definition) is 4. The summed E-state index contributed by atoms with van der Waals surface area (Å²) in [6.45, 7) is 3.94. The number of aromatic nitrogens is 2. The molecule has 0 spiro atoms. The van der Waals surface area contributed by atoms with Gasteiger partial charge in [-0.15, -0.1) is 10.2 Å². The molecule has 1 aliphatic carbocycles. The Morgan fingerprint density at radius 3 is 2.81 bits per heavy atom. The Morgan fingerprint density at radius 1 is 1.29 bits per heavy atom. The molecule has 0 unspecified atom stereocenters. The molecule has 5 heteroatoms. The maximum absolute atomic E-state index is 5.73. The molecule has 0 saturated heterocycles. The highest BCUT2D eigenvalue weighted by Gasteiger charge is 2.40. The number of rotatable bonds is 7. The van der Waals surface area contributed by atoms with Crippen molar-refractivity contribution >= 4 is 15.9 Å². The number of halogens is 1. The van der Waals surface area contributed by atoms with Crippen LogP contribution in [-0.2, 0) is 6.54 Å². The molecule has 21 heavy (non-hydrogen) atoms. The quantitative estimate of drug-likeness (QED) is 0.814. The second-order valence-electron chi connectivity index (χ2n) is 5.83. The van der Waals surface area contributed by atoms with Gasteiger partial charge in [0.25, 0.3) is 0 Å². The van der Waals surface area contributed by atoms with E-state index in [9.17, 15) is 0 Å². The van der Waals surface area contributed by atoms with Gasteiger partial charge in [-0.25, -0.2) is 0 Å². The van der Waals surface area contributed by atoms with E-state index in [1.54, 1.807) is 0 Å². The van der Waals surface area contributed by atoms with E-state index in [0.717, 1.165) is 16.6 Å². The predicted molar refractivity (Wildman–Crippen MR) is 85.7 cm³/mol. The van der Waals surface area contributed by atoms with Crippen LogP contribution in [0.5, 0.6) is 0 Å². The molecule has 1 N–H and O–H groups in total. The molecule has 0 atom stereocenters. The lowest BCUT2D eigenvalue weighted by Gasteiger charge is -2.13. The molecule has 1 saturated carbocycles. The fraction of sp³-hybridized carbons (Fsp3) is 0.500. The summed E-state index contributed by atoms with van der Waals surface area (Å²) in [6.07, 6.45) is 5.26. The van der Waals surface area contributed by atoms with Crippen molar-refractivity contribution in [1.82, 2.24) is 15.5 Å². The number of benzene rings is 1. The number of hydrogen-bond donors (Lipinski definition) is 1.